The van der Waals surface area contributed by atoms with E-state index in [1.54, 1.807) is 23.7 Å². The summed E-state index contributed by atoms with van der Waals surface area (Å²) in [7, 11) is 0. The lowest BCUT2D eigenvalue weighted by atomic mass is 10.1. The molecule has 0 aliphatic heterocycles. The van der Waals surface area contributed by atoms with Crippen LogP contribution in [0.3, 0.4) is 0 Å². The summed E-state index contributed by atoms with van der Waals surface area (Å²) in [5, 5.41) is 11.1. The van der Waals surface area contributed by atoms with E-state index in [1.165, 1.54) is 11.3 Å². The number of benzene rings is 1. The van der Waals surface area contributed by atoms with E-state index in [0.29, 0.717) is 5.69 Å². The van der Waals surface area contributed by atoms with Gasteiger partial charge in [0.25, 0.3) is 0 Å². The van der Waals surface area contributed by atoms with Crippen molar-refractivity contribution in [2.24, 2.45) is 0 Å². The van der Waals surface area contributed by atoms with Crippen molar-refractivity contribution in [3.8, 4) is 17.0 Å². The number of rotatable bonds is 1. The first-order valence-electron chi connectivity index (χ1n) is 3.74. The summed E-state index contributed by atoms with van der Waals surface area (Å²) in [5.41, 5.74) is 9.51. The largest absolute Gasteiger partial charge is 0.506 e. The zero-order valence-electron chi connectivity index (χ0n) is 6.77. The Morgan fingerprint density at radius 3 is 2.85 bits per heavy atom. The van der Waals surface area contributed by atoms with Crippen molar-refractivity contribution >= 4 is 17.0 Å². The van der Waals surface area contributed by atoms with Gasteiger partial charge in [-0.25, -0.2) is 4.98 Å². The van der Waals surface area contributed by atoms with Gasteiger partial charge in [-0.05, 0) is 18.2 Å². The van der Waals surface area contributed by atoms with Crippen molar-refractivity contribution in [3.63, 3.8) is 0 Å². The van der Waals surface area contributed by atoms with Crippen LogP contribution in [0.4, 0.5) is 5.69 Å². The van der Waals surface area contributed by atoms with Crippen LogP contribution in [-0.4, -0.2) is 10.1 Å². The van der Waals surface area contributed by atoms with Crippen LogP contribution in [0.15, 0.2) is 29.1 Å². The first kappa shape index (κ1) is 8.07. The Labute approximate surface area is 79.5 Å². The van der Waals surface area contributed by atoms with Gasteiger partial charge in [0.1, 0.15) is 5.75 Å². The van der Waals surface area contributed by atoms with Gasteiger partial charge < -0.3 is 10.8 Å². The molecule has 1 heterocycles. The lowest BCUT2D eigenvalue weighted by molar-refractivity contribution is 0.478. The van der Waals surface area contributed by atoms with Gasteiger partial charge in [0.05, 0.1) is 16.9 Å². The van der Waals surface area contributed by atoms with Gasteiger partial charge in [0, 0.05) is 10.9 Å². The molecule has 2 aromatic rings. The van der Waals surface area contributed by atoms with Crippen molar-refractivity contribution < 1.29 is 5.11 Å². The summed E-state index contributed by atoms with van der Waals surface area (Å²) in [6.07, 6.45) is 0. The smallest absolute Gasteiger partial charge is 0.138 e. The van der Waals surface area contributed by atoms with Gasteiger partial charge in [-0.3, -0.25) is 0 Å². The fraction of sp³-hybridized carbons (Fsp3) is 0. The van der Waals surface area contributed by atoms with Crippen molar-refractivity contribution in [1.82, 2.24) is 4.98 Å². The zero-order chi connectivity index (χ0) is 9.26. The van der Waals surface area contributed by atoms with Gasteiger partial charge in [-0.2, -0.15) is 0 Å². The lowest BCUT2D eigenvalue weighted by Gasteiger charge is -2.00. The minimum atomic E-state index is 0.110. The summed E-state index contributed by atoms with van der Waals surface area (Å²) in [6, 6.07) is 5.08. The Morgan fingerprint density at radius 2 is 2.23 bits per heavy atom. The molecule has 0 fully saturated rings. The molecule has 4 heteroatoms. The number of hydrogen-bond donors (Lipinski definition) is 2. The number of aromatic nitrogens is 1. The van der Waals surface area contributed by atoms with Crippen molar-refractivity contribution in [2.45, 2.75) is 0 Å². The number of nitrogen functional groups attached to an aromatic ring is 1. The minimum absolute atomic E-state index is 0.110. The van der Waals surface area contributed by atoms with Crippen LogP contribution >= 0.6 is 11.3 Å². The Morgan fingerprint density at radius 1 is 1.38 bits per heavy atom. The van der Waals surface area contributed by atoms with E-state index < -0.39 is 0 Å². The standard InChI is InChI=1S/C9H8N2OS/c10-7-3-6(1-2-9(7)12)8-4-13-5-11-8/h1-5,12H,10H2. The summed E-state index contributed by atoms with van der Waals surface area (Å²) in [5.74, 6) is 0.110. The van der Waals surface area contributed by atoms with Crippen LogP contribution < -0.4 is 5.73 Å². The average Bonchev–Trinajstić information content (AvgIpc) is 2.62. The van der Waals surface area contributed by atoms with Crippen LogP contribution in [-0.2, 0) is 0 Å². The predicted molar refractivity (Wildman–Crippen MR) is 53.6 cm³/mol. The topological polar surface area (TPSA) is 59.1 Å². The molecule has 1 aromatic carbocycles. The van der Waals surface area contributed by atoms with Crippen molar-refractivity contribution in [1.29, 1.82) is 0 Å². The van der Waals surface area contributed by atoms with E-state index in [2.05, 4.69) is 4.98 Å². The van der Waals surface area contributed by atoms with Gasteiger partial charge in [0.15, 0.2) is 0 Å². The molecule has 66 valence electrons. The van der Waals surface area contributed by atoms with Crippen LogP contribution in [0.5, 0.6) is 5.75 Å². The third-order valence-electron chi connectivity index (χ3n) is 1.76. The number of thiazole rings is 1. The fourth-order valence-corrected chi connectivity index (χ4v) is 1.63. The van der Waals surface area contributed by atoms with Gasteiger partial charge in [0.2, 0.25) is 0 Å². The molecule has 0 atom stereocenters. The Hall–Kier alpha value is -1.55. The number of nitrogens with two attached hydrogens (primary N) is 1. The number of nitrogens with zero attached hydrogens (tertiary/aromatic N) is 1. The van der Waals surface area contributed by atoms with E-state index in [4.69, 9.17) is 5.73 Å². The number of anilines is 1. The Bertz CT molecular complexity index is 412. The molecule has 2 rings (SSSR count). The molecule has 0 amide bonds. The summed E-state index contributed by atoms with van der Waals surface area (Å²) in [4.78, 5) is 4.14. The fourth-order valence-electron chi connectivity index (χ4n) is 1.07. The average molecular weight is 192 g/mol. The van der Waals surface area contributed by atoms with E-state index in [1.807, 2.05) is 5.38 Å². The molecule has 3 N–H and O–H groups in total. The molecule has 0 aliphatic rings. The highest BCUT2D eigenvalue weighted by atomic mass is 32.1. The number of hydrogen-bond acceptors (Lipinski definition) is 4. The van der Waals surface area contributed by atoms with Crippen LogP contribution in [0.1, 0.15) is 0 Å². The minimum Gasteiger partial charge on any atom is -0.506 e. The molecule has 0 aliphatic carbocycles. The van der Waals surface area contributed by atoms with E-state index in [0.717, 1.165) is 11.3 Å². The molecule has 0 bridgehead atoms. The summed E-state index contributed by atoms with van der Waals surface area (Å²) < 4.78 is 0. The maximum absolute atomic E-state index is 9.20. The third-order valence-corrected chi connectivity index (χ3v) is 2.34. The highest BCUT2D eigenvalue weighted by Gasteiger charge is 2.02. The third kappa shape index (κ3) is 1.48. The molecule has 0 saturated heterocycles. The zero-order valence-corrected chi connectivity index (χ0v) is 7.58. The lowest BCUT2D eigenvalue weighted by Crippen LogP contribution is -1.86. The monoisotopic (exact) mass is 192 g/mol. The molecular weight excluding hydrogens is 184 g/mol. The second-order valence-electron chi connectivity index (χ2n) is 2.65. The molecular formula is C9H8N2OS. The van der Waals surface area contributed by atoms with Crippen molar-refractivity contribution in [3.05, 3.63) is 29.1 Å². The van der Waals surface area contributed by atoms with Crippen molar-refractivity contribution in [2.75, 3.05) is 5.73 Å². The molecule has 3 nitrogen and oxygen atoms in total. The van der Waals surface area contributed by atoms with Crippen LogP contribution in [0, 0.1) is 0 Å². The van der Waals surface area contributed by atoms with E-state index in [9.17, 15) is 5.11 Å². The quantitative estimate of drug-likeness (QED) is 0.537. The maximum Gasteiger partial charge on any atom is 0.138 e. The second-order valence-corrected chi connectivity index (χ2v) is 3.37. The normalized spacial score (nSPS) is 10.2. The SMILES string of the molecule is Nc1cc(-c2cscn2)ccc1O. The number of phenols is 1. The molecule has 0 unspecified atom stereocenters. The summed E-state index contributed by atoms with van der Waals surface area (Å²) >= 11 is 1.53. The Kier molecular flexibility index (Phi) is 1.90. The predicted octanol–water partition coefficient (Wildman–Crippen LogP) is 2.10. The van der Waals surface area contributed by atoms with E-state index in [-0.39, 0.29) is 5.75 Å². The van der Waals surface area contributed by atoms with E-state index >= 15 is 0 Å². The van der Waals surface area contributed by atoms with Gasteiger partial charge in [-0.15, -0.1) is 11.3 Å². The first-order valence-corrected chi connectivity index (χ1v) is 4.69. The highest BCUT2D eigenvalue weighted by Crippen LogP contribution is 2.26. The van der Waals surface area contributed by atoms with Crippen LogP contribution in [0.2, 0.25) is 0 Å². The summed E-state index contributed by atoms with van der Waals surface area (Å²) in [6.45, 7) is 0. The first-order chi connectivity index (χ1) is 6.27. The molecule has 1 aromatic heterocycles. The van der Waals surface area contributed by atoms with Crippen LogP contribution in [0.25, 0.3) is 11.3 Å². The number of phenolic OH excluding ortho intramolecular Hbond substituents is 1. The molecule has 13 heavy (non-hydrogen) atoms. The maximum atomic E-state index is 9.20. The molecule has 0 saturated carbocycles. The number of aromatic hydroxyl groups is 1. The molecule has 0 radical (unpaired) electrons. The molecule has 0 spiro atoms. The van der Waals surface area contributed by atoms with Gasteiger partial charge >= 0.3 is 0 Å². The highest BCUT2D eigenvalue weighted by molar-refractivity contribution is 7.07. The van der Waals surface area contributed by atoms with Gasteiger partial charge in [-0.1, -0.05) is 0 Å². The Balaban J connectivity index is 2.49. The second kappa shape index (κ2) is 3.06.